The molecule has 1 aliphatic carbocycles. The highest BCUT2D eigenvalue weighted by atomic mass is 15.2. The van der Waals surface area contributed by atoms with E-state index in [4.69, 9.17) is 0 Å². The molecule has 2 unspecified atom stereocenters. The minimum absolute atomic E-state index is 0.642. The first-order chi connectivity index (χ1) is 9.31. The Morgan fingerprint density at radius 2 is 2.00 bits per heavy atom. The molecule has 2 heterocycles. The third kappa shape index (κ3) is 3.20. The summed E-state index contributed by atoms with van der Waals surface area (Å²) in [4.78, 5) is 6.99. The van der Waals surface area contributed by atoms with Crippen molar-refractivity contribution >= 4 is 11.5 Å². The molecule has 1 N–H and O–H groups in total. The molecule has 0 radical (unpaired) electrons. The Hall–Kier alpha value is -1.25. The zero-order chi connectivity index (χ0) is 13.1. The van der Waals surface area contributed by atoms with Crippen LogP contribution < -0.4 is 10.2 Å². The Bertz CT molecular complexity index is 395. The van der Waals surface area contributed by atoms with Crippen LogP contribution in [0.15, 0.2) is 18.3 Å². The molecule has 2 atom stereocenters. The van der Waals surface area contributed by atoms with Crippen molar-refractivity contribution in [3.8, 4) is 0 Å². The molecule has 104 valence electrons. The first-order valence-electron chi connectivity index (χ1n) is 7.79. The van der Waals surface area contributed by atoms with Crippen LogP contribution in [0.1, 0.15) is 45.4 Å². The molecule has 0 amide bonds. The van der Waals surface area contributed by atoms with Crippen LogP contribution in [0.4, 0.5) is 11.5 Å². The molecule has 0 aromatic carbocycles. The number of anilines is 2. The number of nitrogens with zero attached hydrogens (tertiary/aromatic N) is 2. The fraction of sp³-hybridized carbons (Fsp3) is 0.688. The van der Waals surface area contributed by atoms with E-state index < -0.39 is 0 Å². The third-order valence-corrected chi connectivity index (χ3v) is 4.49. The summed E-state index contributed by atoms with van der Waals surface area (Å²) in [5, 5.41) is 3.65. The van der Waals surface area contributed by atoms with Crippen molar-refractivity contribution in [3.63, 3.8) is 0 Å². The van der Waals surface area contributed by atoms with Gasteiger partial charge in [0.15, 0.2) is 0 Å². The highest BCUT2D eigenvalue weighted by molar-refractivity contribution is 5.49. The molecule has 3 nitrogen and oxygen atoms in total. The molecule has 3 heteroatoms. The van der Waals surface area contributed by atoms with Gasteiger partial charge in [-0.15, -0.1) is 0 Å². The van der Waals surface area contributed by atoms with Crippen molar-refractivity contribution in [3.05, 3.63) is 18.3 Å². The predicted molar refractivity (Wildman–Crippen MR) is 80.7 cm³/mol. The fourth-order valence-corrected chi connectivity index (χ4v) is 3.41. The number of rotatable bonds is 3. The third-order valence-electron chi connectivity index (χ3n) is 4.49. The van der Waals surface area contributed by atoms with Gasteiger partial charge in [-0.2, -0.15) is 0 Å². The number of hydrogen-bond acceptors (Lipinski definition) is 3. The highest BCUT2D eigenvalue weighted by Gasteiger charge is 2.19. The first-order valence-corrected chi connectivity index (χ1v) is 7.79. The average Bonchev–Trinajstić information content (AvgIpc) is 2.94. The predicted octanol–water partition coefficient (Wildman–Crippen LogP) is 3.67. The van der Waals surface area contributed by atoms with E-state index in [-0.39, 0.29) is 0 Å². The minimum atomic E-state index is 0.642. The lowest BCUT2D eigenvalue weighted by Gasteiger charge is -2.28. The molecule has 2 aliphatic rings. The molecule has 0 bridgehead atoms. The highest BCUT2D eigenvalue weighted by Crippen LogP contribution is 2.26. The lowest BCUT2D eigenvalue weighted by molar-refractivity contribution is 0.358. The molecule has 1 aliphatic heterocycles. The van der Waals surface area contributed by atoms with Crippen molar-refractivity contribution in [1.29, 1.82) is 0 Å². The summed E-state index contributed by atoms with van der Waals surface area (Å²) in [6, 6.07) is 5.00. The molecule has 3 rings (SSSR count). The van der Waals surface area contributed by atoms with Gasteiger partial charge in [0, 0.05) is 19.1 Å². The summed E-state index contributed by atoms with van der Waals surface area (Å²) < 4.78 is 0. The topological polar surface area (TPSA) is 28.2 Å². The first kappa shape index (κ1) is 12.8. The fourth-order valence-electron chi connectivity index (χ4n) is 3.41. The second kappa shape index (κ2) is 5.81. The van der Waals surface area contributed by atoms with Crippen LogP contribution in [0.25, 0.3) is 0 Å². The van der Waals surface area contributed by atoms with E-state index in [9.17, 15) is 0 Å². The smallest absolute Gasteiger partial charge is 0.128 e. The summed E-state index contributed by atoms with van der Waals surface area (Å²) in [5.41, 5.74) is 1.18. The number of nitrogens with one attached hydrogen (secondary N) is 1. The standard InChI is InChI=1S/C16H25N3/c1-13-5-4-6-14(11-13)18-15-7-8-16(17-12-15)19-9-2-3-10-19/h7-8,12-14,18H,2-6,9-11H2,1H3. The van der Waals surface area contributed by atoms with Gasteiger partial charge in [-0.05, 0) is 43.7 Å². The summed E-state index contributed by atoms with van der Waals surface area (Å²) >= 11 is 0. The van der Waals surface area contributed by atoms with E-state index in [2.05, 4.69) is 34.3 Å². The van der Waals surface area contributed by atoms with Crippen LogP contribution in [0.5, 0.6) is 0 Å². The molecule has 0 spiro atoms. The Kier molecular flexibility index (Phi) is 3.90. The second-order valence-corrected chi connectivity index (χ2v) is 6.21. The molecule has 1 aromatic heterocycles. The van der Waals surface area contributed by atoms with E-state index in [1.807, 2.05) is 6.20 Å². The van der Waals surface area contributed by atoms with E-state index in [1.54, 1.807) is 0 Å². The van der Waals surface area contributed by atoms with Crippen molar-refractivity contribution in [2.75, 3.05) is 23.3 Å². The van der Waals surface area contributed by atoms with Crippen LogP contribution in [-0.4, -0.2) is 24.1 Å². The van der Waals surface area contributed by atoms with Gasteiger partial charge in [-0.3, -0.25) is 0 Å². The average molecular weight is 259 g/mol. The molecule has 1 saturated carbocycles. The minimum Gasteiger partial charge on any atom is -0.381 e. The monoisotopic (exact) mass is 259 g/mol. The molecular weight excluding hydrogens is 234 g/mol. The van der Waals surface area contributed by atoms with Crippen LogP contribution in [-0.2, 0) is 0 Å². The van der Waals surface area contributed by atoms with Crippen molar-refractivity contribution < 1.29 is 0 Å². The Balaban J connectivity index is 1.59. The summed E-state index contributed by atoms with van der Waals surface area (Å²) in [6.45, 7) is 4.70. The van der Waals surface area contributed by atoms with Gasteiger partial charge in [0.2, 0.25) is 0 Å². The van der Waals surface area contributed by atoms with Gasteiger partial charge < -0.3 is 10.2 Å². The molecule has 1 saturated heterocycles. The zero-order valence-corrected chi connectivity index (χ0v) is 11.9. The van der Waals surface area contributed by atoms with Gasteiger partial charge in [0.25, 0.3) is 0 Å². The Morgan fingerprint density at radius 1 is 1.16 bits per heavy atom. The zero-order valence-electron chi connectivity index (χ0n) is 11.9. The van der Waals surface area contributed by atoms with Gasteiger partial charge >= 0.3 is 0 Å². The number of aromatic nitrogens is 1. The SMILES string of the molecule is CC1CCCC(Nc2ccc(N3CCCC3)nc2)C1. The largest absolute Gasteiger partial charge is 0.381 e. The Labute approximate surface area is 116 Å². The van der Waals surface area contributed by atoms with Crippen LogP contribution >= 0.6 is 0 Å². The van der Waals surface area contributed by atoms with Crippen LogP contribution in [0.2, 0.25) is 0 Å². The molecule has 2 fully saturated rings. The van der Waals surface area contributed by atoms with Gasteiger partial charge in [-0.25, -0.2) is 4.98 Å². The molecular formula is C16H25N3. The summed E-state index contributed by atoms with van der Waals surface area (Å²) in [5.74, 6) is 2.00. The van der Waals surface area contributed by atoms with E-state index in [1.165, 1.54) is 57.3 Å². The van der Waals surface area contributed by atoms with Gasteiger partial charge in [0.1, 0.15) is 5.82 Å². The van der Waals surface area contributed by atoms with Gasteiger partial charge in [0.05, 0.1) is 11.9 Å². The lowest BCUT2D eigenvalue weighted by Crippen LogP contribution is -2.26. The van der Waals surface area contributed by atoms with E-state index in [0.29, 0.717) is 6.04 Å². The summed E-state index contributed by atoms with van der Waals surface area (Å²) in [6.07, 6.45) is 9.98. The van der Waals surface area contributed by atoms with E-state index >= 15 is 0 Å². The summed E-state index contributed by atoms with van der Waals surface area (Å²) in [7, 11) is 0. The molecule has 19 heavy (non-hydrogen) atoms. The maximum atomic E-state index is 4.61. The maximum Gasteiger partial charge on any atom is 0.128 e. The lowest BCUT2D eigenvalue weighted by atomic mass is 9.87. The normalized spacial score (nSPS) is 27.5. The Morgan fingerprint density at radius 3 is 2.68 bits per heavy atom. The quantitative estimate of drug-likeness (QED) is 0.897. The van der Waals surface area contributed by atoms with Crippen molar-refractivity contribution in [2.45, 2.75) is 51.5 Å². The molecule has 1 aromatic rings. The van der Waals surface area contributed by atoms with Crippen LogP contribution in [0, 0.1) is 5.92 Å². The second-order valence-electron chi connectivity index (χ2n) is 6.21. The van der Waals surface area contributed by atoms with Gasteiger partial charge in [-0.1, -0.05) is 19.8 Å². The maximum absolute atomic E-state index is 4.61. The van der Waals surface area contributed by atoms with Crippen molar-refractivity contribution in [1.82, 2.24) is 4.98 Å². The number of pyridine rings is 1. The van der Waals surface area contributed by atoms with Crippen LogP contribution in [0.3, 0.4) is 0 Å². The number of hydrogen-bond donors (Lipinski definition) is 1. The van der Waals surface area contributed by atoms with E-state index in [0.717, 1.165) is 11.7 Å². The van der Waals surface area contributed by atoms with Crippen molar-refractivity contribution in [2.24, 2.45) is 5.92 Å².